The van der Waals surface area contributed by atoms with E-state index in [9.17, 15) is 9.59 Å². The van der Waals surface area contributed by atoms with Gasteiger partial charge in [0.25, 0.3) is 5.24 Å². The molecule has 0 saturated carbocycles. The average Bonchev–Trinajstić information content (AvgIpc) is 2.93. The first-order valence-corrected chi connectivity index (χ1v) is 10.7. The number of imide groups is 1. The van der Waals surface area contributed by atoms with Gasteiger partial charge >= 0.3 is 0 Å². The van der Waals surface area contributed by atoms with Crippen molar-refractivity contribution in [3.05, 3.63) is 57.0 Å². The second-order valence-electron chi connectivity index (χ2n) is 6.12. The number of nitrogens with zero attached hydrogens (tertiary/aromatic N) is 1. The molecule has 1 aliphatic heterocycles. The van der Waals surface area contributed by atoms with Gasteiger partial charge in [-0.05, 0) is 42.7 Å². The summed E-state index contributed by atoms with van der Waals surface area (Å²) in [5.74, 6) is 1.01. The highest BCUT2D eigenvalue weighted by Gasteiger charge is 2.40. The van der Waals surface area contributed by atoms with Crippen LogP contribution in [-0.2, 0) is 17.8 Å². The van der Waals surface area contributed by atoms with Crippen molar-refractivity contribution in [1.82, 2.24) is 4.90 Å². The molecule has 1 aliphatic rings. The van der Waals surface area contributed by atoms with Crippen molar-refractivity contribution in [1.29, 1.82) is 0 Å². The van der Waals surface area contributed by atoms with Gasteiger partial charge in [0, 0.05) is 9.50 Å². The summed E-state index contributed by atoms with van der Waals surface area (Å²) < 4.78 is 11.8. The maximum Gasteiger partial charge on any atom is 0.289 e. The van der Waals surface area contributed by atoms with Gasteiger partial charge in [-0.25, -0.2) is 0 Å². The van der Waals surface area contributed by atoms with Crippen LogP contribution in [0.3, 0.4) is 0 Å². The van der Waals surface area contributed by atoms with Gasteiger partial charge in [-0.1, -0.05) is 57.5 Å². The Hall–Kier alpha value is -1.70. The van der Waals surface area contributed by atoms with Crippen LogP contribution in [0, 0.1) is 0 Å². The highest BCUT2D eigenvalue weighted by Crippen LogP contribution is 2.37. The normalized spacial score (nSPS) is 16.6. The third-order valence-corrected chi connectivity index (χ3v) is 6.51. The second-order valence-corrected chi connectivity index (χ2v) is 8.54. The highest BCUT2D eigenvalue weighted by atomic mass is 79.9. The SMILES string of the molecule is CCOc1cc(Br)c(C[C@H]2SC(=O)N(Cc3ccccc3Cl)C2=O)cc1OC. The predicted octanol–water partition coefficient (Wildman–Crippen LogP) is 5.32. The summed E-state index contributed by atoms with van der Waals surface area (Å²) in [6.45, 7) is 2.59. The summed E-state index contributed by atoms with van der Waals surface area (Å²) in [6.07, 6.45) is 0.400. The van der Waals surface area contributed by atoms with E-state index in [4.69, 9.17) is 21.1 Å². The summed E-state index contributed by atoms with van der Waals surface area (Å²) in [7, 11) is 1.57. The largest absolute Gasteiger partial charge is 0.493 e. The second kappa shape index (κ2) is 9.20. The molecule has 3 rings (SSSR count). The zero-order valence-electron chi connectivity index (χ0n) is 15.4. The molecular weight excluding hydrogens is 466 g/mol. The third-order valence-electron chi connectivity index (χ3n) is 4.33. The number of carbonyl (C=O) groups excluding carboxylic acids is 2. The number of methoxy groups -OCH3 is 1. The predicted molar refractivity (Wildman–Crippen MR) is 114 cm³/mol. The molecule has 8 heteroatoms. The monoisotopic (exact) mass is 483 g/mol. The summed E-state index contributed by atoms with van der Waals surface area (Å²) >= 11 is 10.7. The molecular formula is C20H19BrClNO4S. The summed E-state index contributed by atoms with van der Waals surface area (Å²) in [5, 5.41) is -0.214. The fourth-order valence-corrected chi connectivity index (χ4v) is 4.62. The number of hydrogen-bond acceptors (Lipinski definition) is 5. The summed E-state index contributed by atoms with van der Waals surface area (Å²) in [5.41, 5.74) is 1.62. The van der Waals surface area contributed by atoms with Crippen LogP contribution in [0.1, 0.15) is 18.1 Å². The van der Waals surface area contributed by atoms with Gasteiger partial charge in [-0.3, -0.25) is 14.5 Å². The Morgan fingerprint density at radius 2 is 1.93 bits per heavy atom. The van der Waals surface area contributed by atoms with Crippen molar-refractivity contribution < 1.29 is 19.1 Å². The number of benzene rings is 2. The molecule has 1 atom stereocenters. The highest BCUT2D eigenvalue weighted by molar-refractivity contribution is 9.10. The van der Waals surface area contributed by atoms with E-state index in [-0.39, 0.29) is 17.7 Å². The van der Waals surface area contributed by atoms with Crippen LogP contribution in [0.2, 0.25) is 5.02 Å². The lowest BCUT2D eigenvalue weighted by molar-refractivity contribution is -0.127. The minimum atomic E-state index is -0.492. The molecule has 1 saturated heterocycles. The van der Waals surface area contributed by atoms with Gasteiger partial charge in [-0.2, -0.15) is 0 Å². The van der Waals surface area contributed by atoms with Crippen LogP contribution in [0.4, 0.5) is 4.79 Å². The number of halogens is 2. The topological polar surface area (TPSA) is 55.8 Å². The Bertz CT molecular complexity index is 908. The molecule has 2 aromatic carbocycles. The van der Waals surface area contributed by atoms with Gasteiger partial charge in [0.15, 0.2) is 11.5 Å². The molecule has 1 heterocycles. The van der Waals surface area contributed by atoms with E-state index >= 15 is 0 Å². The quantitative estimate of drug-likeness (QED) is 0.532. The van der Waals surface area contributed by atoms with Crippen LogP contribution < -0.4 is 9.47 Å². The Labute approximate surface area is 181 Å². The maximum absolute atomic E-state index is 12.8. The van der Waals surface area contributed by atoms with Crippen molar-refractivity contribution >= 4 is 50.4 Å². The van der Waals surface area contributed by atoms with Crippen LogP contribution in [0.5, 0.6) is 11.5 Å². The third kappa shape index (κ3) is 4.47. The minimum absolute atomic E-state index is 0.175. The number of hydrogen-bond donors (Lipinski definition) is 0. The van der Waals surface area contributed by atoms with E-state index in [0.29, 0.717) is 29.5 Å². The number of carbonyl (C=O) groups is 2. The molecule has 0 bridgehead atoms. The molecule has 0 unspecified atom stereocenters. The van der Waals surface area contributed by atoms with Gasteiger partial charge in [-0.15, -0.1) is 0 Å². The van der Waals surface area contributed by atoms with E-state index in [2.05, 4.69) is 15.9 Å². The first kappa shape index (κ1) is 21.0. The molecule has 2 amide bonds. The molecule has 148 valence electrons. The van der Waals surface area contributed by atoms with Crippen molar-refractivity contribution in [2.75, 3.05) is 13.7 Å². The van der Waals surface area contributed by atoms with Crippen LogP contribution in [0.15, 0.2) is 40.9 Å². The van der Waals surface area contributed by atoms with Crippen LogP contribution >= 0.6 is 39.3 Å². The molecule has 0 spiro atoms. The Kier molecular flexibility index (Phi) is 6.91. The first-order chi connectivity index (χ1) is 13.4. The molecule has 1 fully saturated rings. The summed E-state index contributed by atoms with van der Waals surface area (Å²) in [4.78, 5) is 26.5. The van der Waals surface area contributed by atoms with Crippen molar-refractivity contribution in [2.24, 2.45) is 0 Å². The fraction of sp³-hybridized carbons (Fsp3) is 0.300. The summed E-state index contributed by atoms with van der Waals surface area (Å²) in [6, 6.07) is 10.9. The molecule has 28 heavy (non-hydrogen) atoms. The molecule has 0 radical (unpaired) electrons. The maximum atomic E-state index is 12.8. The lowest BCUT2D eigenvalue weighted by Crippen LogP contribution is -2.31. The van der Waals surface area contributed by atoms with E-state index < -0.39 is 5.25 Å². The van der Waals surface area contributed by atoms with Gasteiger partial charge < -0.3 is 9.47 Å². The zero-order valence-corrected chi connectivity index (χ0v) is 18.6. The lowest BCUT2D eigenvalue weighted by Gasteiger charge is -2.16. The molecule has 0 N–H and O–H groups in total. The van der Waals surface area contributed by atoms with Gasteiger partial charge in [0.1, 0.15) is 0 Å². The Morgan fingerprint density at radius 1 is 1.18 bits per heavy atom. The number of thioether (sulfide) groups is 1. The average molecular weight is 485 g/mol. The number of ether oxygens (including phenoxy) is 2. The van der Waals surface area contributed by atoms with Crippen molar-refractivity contribution in [3.8, 4) is 11.5 Å². The van der Waals surface area contributed by atoms with Gasteiger partial charge in [0.2, 0.25) is 5.91 Å². The number of rotatable bonds is 7. The molecule has 0 aromatic heterocycles. The molecule has 5 nitrogen and oxygen atoms in total. The smallest absolute Gasteiger partial charge is 0.289 e. The van der Waals surface area contributed by atoms with E-state index in [1.165, 1.54) is 4.90 Å². The molecule has 2 aromatic rings. The van der Waals surface area contributed by atoms with E-state index in [0.717, 1.165) is 27.4 Å². The van der Waals surface area contributed by atoms with E-state index in [1.807, 2.05) is 37.3 Å². The van der Waals surface area contributed by atoms with Gasteiger partial charge in [0.05, 0.1) is 25.5 Å². The minimum Gasteiger partial charge on any atom is -0.493 e. The Morgan fingerprint density at radius 3 is 2.61 bits per heavy atom. The fourth-order valence-electron chi connectivity index (χ4n) is 2.93. The first-order valence-electron chi connectivity index (χ1n) is 8.69. The van der Waals surface area contributed by atoms with Crippen molar-refractivity contribution in [3.63, 3.8) is 0 Å². The number of amides is 2. The zero-order chi connectivity index (χ0) is 20.3. The lowest BCUT2D eigenvalue weighted by atomic mass is 10.1. The van der Waals surface area contributed by atoms with Crippen LogP contribution in [-0.4, -0.2) is 35.0 Å². The standard InChI is InChI=1S/C20H19BrClNO4S/c1-3-27-17-10-14(21)13(8-16(17)26-2)9-18-19(24)23(20(25)28-18)11-12-6-4-5-7-15(12)22/h4-8,10,18H,3,9,11H2,1-2H3/t18-/m1/s1. The van der Waals surface area contributed by atoms with Crippen LogP contribution in [0.25, 0.3) is 0 Å². The van der Waals surface area contributed by atoms with E-state index in [1.54, 1.807) is 13.2 Å². The Balaban J connectivity index is 1.78. The van der Waals surface area contributed by atoms with Crippen molar-refractivity contribution in [2.45, 2.75) is 25.1 Å². The molecule has 0 aliphatic carbocycles.